The van der Waals surface area contributed by atoms with Crippen LogP contribution in [0.5, 0.6) is 0 Å². The van der Waals surface area contributed by atoms with Crippen LogP contribution in [0, 0.1) is 5.92 Å². The normalized spacial score (nSPS) is 19.5. The van der Waals surface area contributed by atoms with Crippen LogP contribution in [0.15, 0.2) is 53.0 Å². The van der Waals surface area contributed by atoms with Crippen molar-refractivity contribution >= 4 is 38.8 Å². The summed E-state index contributed by atoms with van der Waals surface area (Å²) in [7, 11) is 0. The SMILES string of the molecule is CC(=O)N1CCN(C(=O)[C@H]2CCCN(Cc3nc4ccccc4n3-c3ccc(Br)cc3)C2)CC1. The summed E-state index contributed by atoms with van der Waals surface area (Å²) in [5.74, 6) is 1.31. The smallest absolute Gasteiger partial charge is 0.227 e. The Labute approximate surface area is 208 Å². The van der Waals surface area contributed by atoms with Gasteiger partial charge in [-0.2, -0.15) is 0 Å². The van der Waals surface area contributed by atoms with E-state index in [0.29, 0.717) is 32.7 Å². The second kappa shape index (κ2) is 9.88. The number of aromatic nitrogens is 2. The van der Waals surface area contributed by atoms with Crippen LogP contribution >= 0.6 is 15.9 Å². The van der Waals surface area contributed by atoms with E-state index in [1.54, 1.807) is 6.92 Å². The largest absolute Gasteiger partial charge is 0.339 e. The average molecular weight is 524 g/mol. The molecule has 1 aromatic heterocycles. The Kier molecular flexibility index (Phi) is 6.70. The number of rotatable bonds is 4. The molecule has 34 heavy (non-hydrogen) atoms. The molecule has 7 nitrogen and oxygen atoms in total. The number of piperidine rings is 1. The highest BCUT2D eigenvalue weighted by Gasteiger charge is 2.32. The van der Waals surface area contributed by atoms with Crippen LogP contribution in [0.1, 0.15) is 25.6 Å². The Bertz CT molecular complexity index is 1180. The molecule has 0 bridgehead atoms. The fourth-order valence-electron chi connectivity index (χ4n) is 5.16. The van der Waals surface area contributed by atoms with Gasteiger partial charge in [-0.25, -0.2) is 4.98 Å². The van der Waals surface area contributed by atoms with Crippen molar-refractivity contribution in [2.45, 2.75) is 26.3 Å². The van der Waals surface area contributed by atoms with Crippen molar-refractivity contribution in [3.05, 3.63) is 58.8 Å². The van der Waals surface area contributed by atoms with Gasteiger partial charge in [-0.1, -0.05) is 28.1 Å². The Balaban J connectivity index is 1.32. The average Bonchev–Trinajstić information content (AvgIpc) is 3.22. The molecule has 8 heteroatoms. The first-order chi connectivity index (χ1) is 16.5. The molecule has 2 amide bonds. The fraction of sp³-hybridized carbons (Fsp3) is 0.423. The van der Waals surface area contributed by atoms with Gasteiger partial charge in [0.2, 0.25) is 11.8 Å². The quantitative estimate of drug-likeness (QED) is 0.523. The molecule has 5 rings (SSSR count). The van der Waals surface area contributed by atoms with Crippen LogP contribution in [0.2, 0.25) is 0 Å². The predicted octanol–water partition coefficient (Wildman–Crippen LogP) is 3.69. The molecule has 0 radical (unpaired) electrons. The van der Waals surface area contributed by atoms with Crippen molar-refractivity contribution in [3.8, 4) is 5.69 Å². The summed E-state index contributed by atoms with van der Waals surface area (Å²) < 4.78 is 3.28. The number of piperazine rings is 1. The highest BCUT2D eigenvalue weighted by molar-refractivity contribution is 9.10. The lowest BCUT2D eigenvalue weighted by Gasteiger charge is -2.38. The van der Waals surface area contributed by atoms with E-state index >= 15 is 0 Å². The van der Waals surface area contributed by atoms with E-state index in [2.05, 4.69) is 61.8 Å². The highest BCUT2D eigenvalue weighted by atomic mass is 79.9. The number of likely N-dealkylation sites (tertiary alicyclic amines) is 1. The predicted molar refractivity (Wildman–Crippen MR) is 136 cm³/mol. The third kappa shape index (κ3) is 4.74. The highest BCUT2D eigenvalue weighted by Crippen LogP contribution is 2.26. The van der Waals surface area contributed by atoms with Crippen molar-refractivity contribution in [2.75, 3.05) is 39.3 Å². The third-order valence-corrected chi connectivity index (χ3v) is 7.50. The lowest BCUT2D eigenvalue weighted by atomic mass is 9.96. The van der Waals surface area contributed by atoms with E-state index in [1.165, 1.54) is 0 Å². The van der Waals surface area contributed by atoms with Crippen LogP contribution in [-0.4, -0.2) is 75.3 Å². The minimum absolute atomic E-state index is 0.00290. The van der Waals surface area contributed by atoms with Crippen molar-refractivity contribution in [1.82, 2.24) is 24.3 Å². The van der Waals surface area contributed by atoms with Gasteiger partial charge in [0.05, 0.1) is 23.5 Å². The van der Waals surface area contributed by atoms with Gasteiger partial charge < -0.3 is 9.80 Å². The van der Waals surface area contributed by atoms with E-state index in [4.69, 9.17) is 4.98 Å². The number of hydrogen-bond acceptors (Lipinski definition) is 4. The lowest BCUT2D eigenvalue weighted by molar-refractivity contribution is -0.142. The number of benzene rings is 2. The zero-order valence-corrected chi connectivity index (χ0v) is 21.1. The van der Waals surface area contributed by atoms with Gasteiger partial charge in [-0.3, -0.25) is 19.1 Å². The van der Waals surface area contributed by atoms with E-state index in [9.17, 15) is 9.59 Å². The van der Waals surface area contributed by atoms with Gasteiger partial charge in [-0.05, 0) is 55.8 Å². The number of nitrogens with zero attached hydrogens (tertiary/aromatic N) is 5. The summed E-state index contributed by atoms with van der Waals surface area (Å²) in [5, 5.41) is 0. The Morgan fingerprint density at radius 2 is 1.68 bits per heavy atom. The van der Waals surface area contributed by atoms with E-state index in [-0.39, 0.29) is 17.7 Å². The first kappa shape index (κ1) is 23.1. The molecule has 2 aliphatic heterocycles. The minimum atomic E-state index is 0.00290. The van der Waals surface area contributed by atoms with E-state index in [1.807, 2.05) is 21.9 Å². The van der Waals surface area contributed by atoms with Crippen molar-refractivity contribution in [1.29, 1.82) is 0 Å². The van der Waals surface area contributed by atoms with Crippen molar-refractivity contribution in [3.63, 3.8) is 0 Å². The lowest BCUT2D eigenvalue weighted by Crippen LogP contribution is -2.53. The Morgan fingerprint density at radius 3 is 2.41 bits per heavy atom. The molecule has 2 aromatic carbocycles. The third-order valence-electron chi connectivity index (χ3n) is 6.97. The molecule has 0 saturated carbocycles. The molecular weight excluding hydrogens is 494 g/mol. The zero-order chi connectivity index (χ0) is 23.7. The molecule has 0 unspecified atom stereocenters. The molecule has 0 spiro atoms. The summed E-state index contributed by atoms with van der Waals surface area (Å²) >= 11 is 3.53. The number of hydrogen-bond donors (Lipinski definition) is 0. The van der Waals surface area contributed by atoms with Crippen LogP contribution in [0.4, 0.5) is 0 Å². The van der Waals surface area contributed by atoms with Gasteiger partial charge in [0, 0.05) is 49.8 Å². The summed E-state index contributed by atoms with van der Waals surface area (Å²) in [4.78, 5) is 36.0. The first-order valence-electron chi connectivity index (χ1n) is 12.0. The summed E-state index contributed by atoms with van der Waals surface area (Å²) in [6, 6.07) is 16.5. The number of fused-ring (bicyclic) bond motifs is 1. The number of para-hydroxylation sites is 2. The molecule has 2 saturated heterocycles. The van der Waals surface area contributed by atoms with Gasteiger partial charge in [0.1, 0.15) is 5.82 Å². The van der Waals surface area contributed by atoms with Gasteiger partial charge in [0.15, 0.2) is 0 Å². The van der Waals surface area contributed by atoms with Gasteiger partial charge >= 0.3 is 0 Å². The van der Waals surface area contributed by atoms with Gasteiger partial charge in [-0.15, -0.1) is 0 Å². The second-order valence-electron chi connectivity index (χ2n) is 9.23. The maximum Gasteiger partial charge on any atom is 0.227 e. The maximum absolute atomic E-state index is 13.3. The first-order valence-corrected chi connectivity index (χ1v) is 12.8. The number of carbonyl (C=O) groups is 2. The summed E-state index contributed by atoms with van der Waals surface area (Å²) in [6.45, 7) is 6.54. The monoisotopic (exact) mass is 523 g/mol. The molecule has 0 aliphatic carbocycles. The fourth-order valence-corrected chi connectivity index (χ4v) is 5.43. The molecular formula is C26H30BrN5O2. The minimum Gasteiger partial charge on any atom is -0.339 e. The standard InChI is InChI=1S/C26H30BrN5O2/c1-19(33)30-13-15-31(16-14-30)26(34)20-5-4-12-29(17-20)18-25-28-23-6-2-3-7-24(23)32(25)22-10-8-21(27)9-11-22/h2-3,6-11,20H,4-5,12-18H2,1H3/t20-/m0/s1. The van der Waals surface area contributed by atoms with Crippen LogP contribution in [0.25, 0.3) is 16.7 Å². The molecule has 178 valence electrons. The number of carbonyl (C=O) groups excluding carboxylic acids is 2. The molecule has 0 N–H and O–H groups in total. The molecule has 3 aromatic rings. The van der Waals surface area contributed by atoms with Crippen LogP contribution in [-0.2, 0) is 16.1 Å². The van der Waals surface area contributed by atoms with Gasteiger partial charge in [0.25, 0.3) is 0 Å². The van der Waals surface area contributed by atoms with Crippen molar-refractivity contribution in [2.24, 2.45) is 5.92 Å². The van der Waals surface area contributed by atoms with E-state index in [0.717, 1.165) is 52.9 Å². The molecule has 2 fully saturated rings. The molecule has 1 atom stereocenters. The molecule has 2 aliphatic rings. The second-order valence-corrected chi connectivity index (χ2v) is 10.1. The zero-order valence-electron chi connectivity index (χ0n) is 19.5. The van der Waals surface area contributed by atoms with Crippen LogP contribution < -0.4 is 0 Å². The van der Waals surface area contributed by atoms with Crippen molar-refractivity contribution < 1.29 is 9.59 Å². The Morgan fingerprint density at radius 1 is 0.971 bits per heavy atom. The van der Waals surface area contributed by atoms with Crippen LogP contribution in [0.3, 0.4) is 0 Å². The maximum atomic E-state index is 13.3. The summed E-state index contributed by atoms with van der Waals surface area (Å²) in [5.41, 5.74) is 3.15. The molecule has 3 heterocycles. The number of halogens is 1. The topological polar surface area (TPSA) is 61.7 Å². The summed E-state index contributed by atoms with van der Waals surface area (Å²) in [6.07, 6.45) is 1.92. The van der Waals surface area contributed by atoms with E-state index < -0.39 is 0 Å². The Hall–Kier alpha value is -2.71. The number of imidazole rings is 1. The number of amides is 2.